The van der Waals surface area contributed by atoms with Crippen molar-refractivity contribution < 1.29 is 19.8 Å². The second-order valence-corrected chi connectivity index (χ2v) is 3.34. The first-order chi connectivity index (χ1) is 8.61. The van der Waals surface area contributed by atoms with E-state index in [0.717, 1.165) is 0 Å². The number of hydrogen-bond acceptors (Lipinski definition) is 2. The number of rotatable bonds is 2. The summed E-state index contributed by atoms with van der Waals surface area (Å²) in [6.07, 6.45) is 0. The highest BCUT2D eigenvalue weighted by molar-refractivity contribution is 5.87. The van der Waals surface area contributed by atoms with Crippen molar-refractivity contribution in [3.05, 3.63) is 71.8 Å². The van der Waals surface area contributed by atoms with E-state index in [0.29, 0.717) is 11.1 Å². The molecule has 0 radical (unpaired) electrons. The van der Waals surface area contributed by atoms with Gasteiger partial charge in [-0.25, -0.2) is 9.59 Å². The van der Waals surface area contributed by atoms with Gasteiger partial charge in [-0.3, -0.25) is 0 Å². The van der Waals surface area contributed by atoms with Crippen molar-refractivity contribution in [2.24, 2.45) is 0 Å². The maximum atomic E-state index is 10.2. The maximum Gasteiger partial charge on any atom is 0.335 e. The van der Waals surface area contributed by atoms with E-state index in [1.807, 2.05) is 0 Å². The highest BCUT2D eigenvalue weighted by atomic mass is 35.5. The molecule has 20 heavy (non-hydrogen) atoms. The van der Waals surface area contributed by atoms with Gasteiger partial charge < -0.3 is 10.2 Å². The van der Waals surface area contributed by atoms with E-state index >= 15 is 0 Å². The van der Waals surface area contributed by atoms with Crippen LogP contribution in [0.3, 0.4) is 0 Å². The molecular weight excluding hydrogens is 303 g/mol. The Hall–Kier alpha value is -2.04. The fraction of sp³-hybridized carbons (Fsp3) is 0. The highest BCUT2D eigenvalue weighted by Gasteiger charge is 1.97. The van der Waals surface area contributed by atoms with Crippen LogP contribution in [0.5, 0.6) is 0 Å². The third kappa shape index (κ3) is 7.41. The van der Waals surface area contributed by atoms with Gasteiger partial charge in [-0.1, -0.05) is 36.4 Å². The molecule has 0 bridgehead atoms. The summed E-state index contributed by atoms with van der Waals surface area (Å²) in [5.74, 6) is -1.76. The van der Waals surface area contributed by atoms with Crippen LogP contribution in [0, 0.1) is 0 Å². The van der Waals surface area contributed by atoms with E-state index in [2.05, 4.69) is 0 Å². The van der Waals surface area contributed by atoms with Crippen LogP contribution in [0.4, 0.5) is 0 Å². The van der Waals surface area contributed by atoms with Crippen LogP contribution >= 0.6 is 24.8 Å². The molecule has 0 fully saturated rings. The Kier molecular flexibility index (Phi) is 11.0. The minimum atomic E-state index is -0.879. The van der Waals surface area contributed by atoms with Crippen LogP contribution in [0.15, 0.2) is 60.7 Å². The predicted molar refractivity (Wildman–Crippen MR) is 81.3 cm³/mol. The lowest BCUT2D eigenvalue weighted by molar-refractivity contribution is 0.0686. The molecule has 0 heterocycles. The normalized spacial score (nSPS) is 8.00. The number of halogens is 2. The summed E-state index contributed by atoms with van der Waals surface area (Å²) in [5, 5.41) is 16.8. The molecule has 0 saturated carbocycles. The van der Waals surface area contributed by atoms with Crippen molar-refractivity contribution >= 4 is 36.8 Å². The lowest BCUT2D eigenvalue weighted by atomic mass is 10.2. The molecule has 0 spiro atoms. The van der Waals surface area contributed by atoms with E-state index < -0.39 is 11.9 Å². The van der Waals surface area contributed by atoms with Crippen molar-refractivity contribution in [1.82, 2.24) is 0 Å². The fourth-order valence-electron chi connectivity index (χ4n) is 1.16. The molecule has 4 nitrogen and oxygen atoms in total. The minimum absolute atomic E-state index is 0. The van der Waals surface area contributed by atoms with Gasteiger partial charge in [0.25, 0.3) is 0 Å². The molecule has 2 rings (SSSR count). The molecule has 0 saturated heterocycles. The number of hydrogen-bond donors (Lipinski definition) is 2. The summed E-state index contributed by atoms with van der Waals surface area (Å²) in [4.78, 5) is 20.4. The van der Waals surface area contributed by atoms with Crippen molar-refractivity contribution in [3.63, 3.8) is 0 Å². The molecule has 2 aromatic rings. The monoisotopic (exact) mass is 316 g/mol. The Morgan fingerprint density at radius 1 is 0.600 bits per heavy atom. The van der Waals surface area contributed by atoms with Crippen LogP contribution in [0.2, 0.25) is 0 Å². The van der Waals surface area contributed by atoms with Crippen LogP contribution in [0.25, 0.3) is 0 Å². The average molecular weight is 317 g/mol. The lowest BCUT2D eigenvalue weighted by Gasteiger charge is -1.88. The highest BCUT2D eigenvalue weighted by Crippen LogP contribution is 1.96. The number of aromatic carboxylic acids is 2. The van der Waals surface area contributed by atoms with Crippen LogP contribution in [-0.2, 0) is 0 Å². The number of carbonyl (C=O) groups is 2. The molecule has 0 atom stereocenters. The molecular formula is C14H14Cl2O4. The maximum absolute atomic E-state index is 10.2. The third-order valence-corrected chi connectivity index (χ3v) is 2.04. The van der Waals surface area contributed by atoms with Crippen LogP contribution < -0.4 is 0 Å². The second-order valence-electron chi connectivity index (χ2n) is 3.34. The molecule has 0 aromatic heterocycles. The Bertz CT molecular complexity index is 466. The summed E-state index contributed by atoms with van der Waals surface area (Å²) in [5.41, 5.74) is 0.662. The van der Waals surface area contributed by atoms with Crippen LogP contribution in [-0.4, -0.2) is 22.2 Å². The zero-order chi connectivity index (χ0) is 13.4. The Balaban J connectivity index is 0. The quantitative estimate of drug-likeness (QED) is 0.887. The summed E-state index contributed by atoms with van der Waals surface area (Å²) >= 11 is 0. The van der Waals surface area contributed by atoms with Crippen molar-refractivity contribution in [3.8, 4) is 0 Å². The molecule has 2 aromatic carbocycles. The number of benzene rings is 2. The Morgan fingerprint density at radius 3 is 1.00 bits per heavy atom. The van der Waals surface area contributed by atoms with Gasteiger partial charge in [0.15, 0.2) is 0 Å². The van der Waals surface area contributed by atoms with E-state index in [1.54, 1.807) is 60.7 Å². The first-order valence-electron chi connectivity index (χ1n) is 5.18. The average Bonchev–Trinajstić information content (AvgIpc) is 2.41. The van der Waals surface area contributed by atoms with Gasteiger partial charge >= 0.3 is 11.9 Å². The molecule has 0 unspecified atom stereocenters. The van der Waals surface area contributed by atoms with Gasteiger partial charge in [0.2, 0.25) is 0 Å². The van der Waals surface area contributed by atoms with Gasteiger partial charge in [0.1, 0.15) is 0 Å². The topological polar surface area (TPSA) is 74.6 Å². The number of carboxylic acid groups (broad SMARTS) is 2. The Morgan fingerprint density at radius 2 is 0.850 bits per heavy atom. The summed E-state index contributed by atoms with van der Waals surface area (Å²) < 4.78 is 0. The van der Waals surface area contributed by atoms with Crippen molar-refractivity contribution in [2.45, 2.75) is 0 Å². The van der Waals surface area contributed by atoms with E-state index in [9.17, 15) is 9.59 Å². The zero-order valence-electron chi connectivity index (χ0n) is 10.3. The van der Waals surface area contributed by atoms with Gasteiger partial charge in [-0.2, -0.15) is 0 Å². The standard InChI is InChI=1S/2C7H6O2.2ClH/c2*8-7(9)6-4-2-1-3-5-6;;/h2*1-5H,(H,8,9);2*1H. The van der Waals surface area contributed by atoms with Gasteiger partial charge in [-0.05, 0) is 24.3 Å². The molecule has 0 amide bonds. The lowest BCUT2D eigenvalue weighted by Crippen LogP contribution is -1.93. The summed E-state index contributed by atoms with van der Waals surface area (Å²) in [6.45, 7) is 0. The molecule has 0 aliphatic rings. The minimum Gasteiger partial charge on any atom is -0.478 e. The van der Waals surface area contributed by atoms with Crippen molar-refractivity contribution in [2.75, 3.05) is 0 Å². The molecule has 108 valence electrons. The molecule has 0 aliphatic carbocycles. The third-order valence-electron chi connectivity index (χ3n) is 2.04. The van der Waals surface area contributed by atoms with Crippen LogP contribution in [0.1, 0.15) is 20.7 Å². The number of carboxylic acids is 2. The zero-order valence-corrected chi connectivity index (χ0v) is 11.9. The second kappa shape index (κ2) is 10.8. The Labute approximate surface area is 128 Å². The predicted octanol–water partition coefficient (Wildman–Crippen LogP) is 3.61. The first-order valence-corrected chi connectivity index (χ1v) is 5.18. The molecule has 6 heteroatoms. The fourth-order valence-corrected chi connectivity index (χ4v) is 1.16. The molecule has 0 aliphatic heterocycles. The summed E-state index contributed by atoms with van der Waals surface area (Å²) in [6, 6.07) is 16.6. The van der Waals surface area contributed by atoms with E-state index in [-0.39, 0.29) is 24.8 Å². The summed E-state index contributed by atoms with van der Waals surface area (Å²) in [7, 11) is 0. The van der Waals surface area contributed by atoms with E-state index in [4.69, 9.17) is 10.2 Å². The van der Waals surface area contributed by atoms with Gasteiger partial charge in [0, 0.05) is 0 Å². The van der Waals surface area contributed by atoms with E-state index in [1.165, 1.54) is 0 Å². The van der Waals surface area contributed by atoms with Gasteiger partial charge in [-0.15, -0.1) is 24.8 Å². The first kappa shape index (κ1) is 20.3. The smallest absolute Gasteiger partial charge is 0.335 e. The SMILES string of the molecule is Cl.Cl.O=C(O)c1ccccc1.O=C(O)c1ccccc1. The molecule has 2 N–H and O–H groups in total. The largest absolute Gasteiger partial charge is 0.478 e. The van der Waals surface area contributed by atoms with Gasteiger partial charge in [0.05, 0.1) is 11.1 Å². The van der Waals surface area contributed by atoms with Crippen molar-refractivity contribution in [1.29, 1.82) is 0 Å².